The number of hydrogen-bond acceptors (Lipinski definition) is 0. The molecule has 0 fully saturated rings. The van der Waals surface area contributed by atoms with Gasteiger partial charge < -0.3 is 4.57 Å². The molecule has 0 amide bonds. The van der Waals surface area contributed by atoms with Crippen molar-refractivity contribution in [1.82, 2.24) is 4.57 Å². The molecule has 0 N–H and O–H groups in total. The SMILES string of the molecule is [B]c1c([B])c([B])c2c(c1[B])c1c([B])c(Br)c([B])c([B])c1n2-c1ccc(-c2ccccc2)cc1-c1ccccc1. The molecule has 166 valence electrons. The molecule has 0 saturated carbocycles. The minimum Gasteiger partial charge on any atom is -0.310 e. The minimum absolute atomic E-state index is 0.188. The zero-order valence-electron chi connectivity index (χ0n) is 20.9. The molecular weight excluding hydrogens is 530 g/mol. The van der Waals surface area contributed by atoms with Crippen molar-refractivity contribution in [3.05, 3.63) is 83.3 Å². The highest BCUT2D eigenvalue weighted by Crippen LogP contribution is 2.36. The molecule has 0 unspecified atom stereocenters. The molecule has 0 aliphatic heterocycles. The van der Waals surface area contributed by atoms with Gasteiger partial charge in [0, 0.05) is 26.5 Å². The maximum atomic E-state index is 6.70. The summed E-state index contributed by atoms with van der Waals surface area (Å²) in [6.07, 6.45) is 0. The van der Waals surface area contributed by atoms with Crippen LogP contribution in [0.25, 0.3) is 49.7 Å². The highest BCUT2D eigenvalue weighted by atomic mass is 79.9. The molecule has 0 bridgehead atoms. The fraction of sp³-hybridized carbons (Fsp3) is 0. The highest BCUT2D eigenvalue weighted by molar-refractivity contribution is 9.10. The second-order valence-electron chi connectivity index (χ2n) is 9.46. The minimum atomic E-state index is 0.188. The van der Waals surface area contributed by atoms with Crippen LogP contribution in [-0.4, -0.2) is 59.5 Å². The number of halogens is 1. The van der Waals surface area contributed by atoms with Gasteiger partial charge in [0.25, 0.3) is 0 Å². The summed E-state index contributed by atoms with van der Waals surface area (Å²) in [7, 11) is 45.7. The average Bonchev–Trinajstić information content (AvgIpc) is 3.33. The Balaban J connectivity index is 1.85. The van der Waals surface area contributed by atoms with Crippen molar-refractivity contribution in [1.29, 1.82) is 0 Å². The van der Waals surface area contributed by atoms with Crippen molar-refractivity contribution < 1.29 is 0 Å². The predicted octanol–water partition coefficient (Wildman–Crippen LogP) is 0.437. The second-order valence-corrected chi connectivity index (χ2v) is 10.2. The van der Waals surface area contributed by atoms with Crippen molar-refractivity contribution in [2.45, 2.75) is 0 Å². The van der Waals surface area contributed by atoms with E-state index in [0.717, 1.165) is 27.9 Å². The van der Waals surface area contributed by atoms with E-state index in [1.807, 2.05) is 59.2 Å². The maximum absolute atomic E-state index is 6.70. The molecule has 14 radical (unpaired) electrons. The van der Waals surface area contributed by atoms with E-state index in [0.29, 0.717) is 42.7 Å². The number of benzene rings is 5. The van der Waals surface area contributed by atoms with Gasteiger partial charge in [-0.2, -0.15) is 0 Å². The molecule has 1 nitrogen and oxygen atoms in total. The van der Waals surface area contributed by atoms with E-state index in [-0.39, 0.29) is 21.9 Å². The van der Waals surface area contributed by atoms with Crippen LogP contribution < -0.4 is 38.2 Å². The summed E-state index contributed by atoms with van der Waals surface area (Å²) >= 11 is 3.50. The molecule has 0 saturated heterocycles. The fourth-order valence-electron chi connectivity index (χ4n) is 5.29. The van der Waals surface area contributed by atoms with Crippen LogP contribution in [0.1, 0.15) is 0 Å². The third-order valence-corrected chi connectivity index (χ3v) is 8.14. The molecule has 0 aliphatic carbocycles. The monoisotopic (exact) mass is 543 g/mol. The highest BCUT2D eigenvalue weighted by Gasteiger charge is 2.24. The summed E-state index contributed by atoms with van der Waals surface area (Å²) in [6.45, 7) is 0. The van der Waals surface area contributed by atoms with Gasteiger partial charge in [-0.05, 0) is 34.2 Å². The summed E-state index contributed by atoms with van der Waals surface area (Å²) in [5.74, 6) is 0. The lowest BCUT2D eigenvalue weighted by Crippen LogP contribution is -2.48. The van der Waals surface area contributed by atoms with Gasteiger partial charge in [0.1, 0.15) is 54.9 Å². The lowest BCUT2D eigenvalue weighted by molar-refractivity contribution is 1.19. The predicted molar refractivity (Wildman–Crippen MR) is 177 cm³/mol. The first kappa shape index (κ1) is 26.1. The van der Waals surface area contributed by atoms with Gasteiger partial charge >= 0.3 is 0 Å². The van der Waals surface area contributed by atoms with Crippen molar-refractivity contribution in [2.75, 3.05) is 0 Å². The number of fused-ring (bicyclic) bond motifs is 3. The number of hydrogen-bond donors (Lipinski definition) is 0. The first-order valence-corrected chi connectivity index (χ1v) is 13.0. The molecule has 0 aliphatic rings. The topological polar surface area (TPSA) is 4.93 Å². The number of aromatic nitrogens is 1. The van der Waals surface area contributed by atoms with E-state index < -0.39 is 0 Å². The Hall–Kier alpha value is -3.17. The Bertz CT molecular complexity index is 1860. The molecule has 6 rings (SSSR count). The summed E-state index contributed by atoms with van der Waals surface area (Å²) in [4.78, 5) is 0. The standard InChI is InChI=1S/C30H13B7BrN/c31-21-19-20-22(32)28(38)25(35)27(37)30(20)39(29(19)26(36)24(34)23(21)33)18-12-11-16(14-7-3-1-4-8-14)13-17(18)15-9-5-2-6-10-15/h1-13H. The Morgan fingerprint density at radius 2 is 0.974 bits per heavy atom. The van der Waals surface area contributed by atoms with Crippen LogP contribution in [0.15, 0.2) is 83.3 Å². The zero-order valence-corrected chi connectivity index (χ0v) is 22.5. The van der Waals surface area contributed by atoms with Crippen LogP contribution >= 0.6 is 15.9 Å². The van der Waals surface area contributed by atoms with E-state index in [1.165, 1.54) is 0 Å². The van der Waals surface area contributed by atoms with Crippen LogP contribution in [0.2, 0.25) is 0 Å². The lowest BCUT2D eigenvalue weighted by Gasteiger charge is -2.20. The molecule has 9 heteroatoms. The van der Waals surface area contributed by atoms with Crippen LogP contribution in [0.4, 0.5) is 0 Å². The molecule has 0 atom stereocenters. The van der Waals surface area contributed by atoms with Gasteiger partial charge in [-0.1, -0.05) is 110 Å². The largest absolute Gasteiger partial charge is 0.310 e. The Morgan fingerprint density at radius 3 is 1.59 bits per heavy atom. The van der Waals surface area contributed by atoms with Crippen molar-refractivity contribution in [3.63, 3.8) is 0 Å². The van der Waals surface area contributed by atoms with Gasteiger partial charge in [0.05, 0.1) is 5.69 Å². The van der Waals surface area contributed by atoms with Gasteiger partial charge in [-0.15, -0.1) is 10.9 Å². The maximum Gasteiger partial charge on any atom is 0.116 e. The summed E-state index contributed by atoms with van der Waals surface area (Å²) in [5.41, 5.74) is 7.89. The molecule has 1 heterocycles. The second kappa shape index (κ2) is 9.79. The third-order valence-electron chi connectivity index (χ3n) is 7.28. The lowest BCUT2D eigenvalue weighted by atomic mass is 9.65. The van der Waals surface area contributed by atoms with Crippen LogP contribution in [-0.2, 0) is 0 Å². The van der Waals surface area contributed by atoms with Gasteiger partial charge in [-0.3, -0.25) is 0 Å². The summed E-state index contributed by atoms with van der Waals surface area (Å²) in [6, 6.07) is 26.4. The quantitative estimate of drug-likeness (QED) is 0.286. The number of rotatable bonds is 3. The first-order valence-electron chi connectivity index (χ1n) is 12.2. The Kier molecular flexibility index (Phi) is 6.54. The molecule has 0 spiro atoms. The smallest absolute Gasteiger partial charge is 0.116 e. The van der Waals surface area contributed by atoms with E-state index in [1.54, 1.807) is 0 Å². The van der Waals surface area contributed by atoms with Crippen LogP contribution in [0.3, 0.4) is 0 Å². The molecule has 1 aromatic heterocycles. The van der Waals surface area contributed by atoms with E-state index in [9.17, 15) is 0 Å². The Morgan fingerprint density at radius 1 is 0.462 bits per heavy atom. The normalized spacial score (nSPS) is 11.4. The third kappa shape index (κ3) is 3.92. The van der Waals surface area contributed by atoms with E-state index >= 15 is 0 Å². The average molecular weight is 543 g/mol. The Labute approximate surface area is 245 Å². The molecule has 5 aromatic carbocycles. The zero-order chi connectivity index (χ0) is 27.6. The van der Waals surface area contributed by atoms with Crippen molar-refractivity contribution in [3.8, 4) is 27.9 Å². The van der Waals surface area contributed by atoms with Gasteiger partial charge in [0.2, 0.25) is 0 Å². The van der Waals surface area contributed by atoms with Crippen LogP contribution in [0, 0.1) is 0 Å². The number of nitrogens with zero attached hydrogens (tertiary/aromatic N) is 1. The van der Waals surface area contributed by atoms with E-state index in [2.05, 4.69) is 40.2 Å². The van der Waals surface area contributed by atoms with Crippen molar-refractivity contribution in [2.24, 2.45) is 0 Å². The molecular formula is C30H13B7BrN. The van der Waals surface area contributed by atoms with Gasteiger partial charge in [-0.25, -0.2) is 0 Å². The summed E-state index contributed by atoms with van der Waals surface area (Å²) < 4.78 is 2.42. The first-order chi connectivity index (χ1) is 18.7. The van der Waals surface area contributed by atoms with Crippen molar-refractivity contribution >= 4 is 131 Å². The fourth-order valence-corrected chi connectivity index (χ4v) is 5.70. The molecule has 39 heavy (non-hydrogen) atoms. The van der Waals surface area contributed by atoms with Crippen LogP contribution in [0.5, 0.6) is 0 Å². The summed E-state index contributed by atoms with van der Waals surface area (Å²) in [5, 5.41) is 1.15. The van der Waals surface area contributed by atoms with Gasteiger partial charge in [0.15, 0.2) is 0 Å². The molecule has 6 aromatic rings. The van der Waals surface area contributed by atoms with E-state index in [4.69, 9.17) is 54.9 Å².